The number of aryl methyl sites for hydroxylation is 1. The van der Waals surface area contributed by atoms with Crippen LogP contribution in [-0.4, -0.2) is 53.0 Å². The van der Waals surface area contributed by atoms with Gasteiger partial charge in [-0.15, -0.1) is 11.3 Å². The summed E-state index contributed by atoms with van der Waals surface area (Å²) in [5, 5.41) is 11.4. The van der Waals surface area contributed by atoms with Crippen molar-refractivity contribution in [3.05, 3.63) is 52.8 Å². The first-order valence-electron chi connectivity index (χ1n) is 9.11. The number of carboxylic acids is 1. The smallest absolute Gasteiger partial charge is 0.475 e. The summed E-state index contributed by atoms with van der Waals surface area (Å²) in [5.41, 5.74) is 0. The molecule has 0 radical (unpaired) electrons. The second-order valence-electron chi connectivity index (χ2n) is 6.96. The van der Waals surface area contributed by atoms with Crippen molar-refractivity contribution in [2.45, 2.75) is 39.3 Å². The second-order valence-corrected chi connectivity index (χ2v) is 8.34. The van der Waals surface area contributed by atoms with Crippen LogP contribution in [0.5, 0.6) is 0 Å². The van der Waals surface area contributed by atoms with Crippen LogP contribution in [-0.2, 0) is 31.0 Å². The summed E-state index contributed by atoms with van der Waals surface area (Å²) in [5.74, 6) is -1.11. The number of fused-ring (bicyclic) bond motifs is 1. The third-order valence-corrected chi connectivity index (χ3v) is 5.45. The molecular weight excluding hydrogens is 421 g/mol. The Morgan fingerprint density at radius 2 is 2.10 bits per heavy atom. The van der Waals surface area contributed by atoms with Gasteiger partial charge in [0.25, 0.3) is 0 Å². The standard InChI is InChI=1S/C16H20N6S.C2HF3O2/c1-13-2-3-15(23-13)9-20-6-14(8-22-12-17-11-19-22)7-21-5-4-18-16(21)10-20;3-2(4,5)1(6)7/h2-5,11-12,14H,6-10H2,1H3;(H,6,7). The van der Waals surface area contributed by atoms with Crippen molar-refractivity contribution in [3.63, 3.8) is 0 Å². The highest BCUT2D eigenvalue weighted by Gasteiger charge is 2.38. The number of rotatable bonds is 4. The number of aromatic nitrogens is 5. The number of carboxylic acid groups (broad SMARTS) is 1. The van der Waals surface area contributed by atoms with E-state index in [-0.39, 0.29) is 0 Å². The Balaban J connectivity index is 0.000000318. The molecule has 1 unspecified atom stereocenters. The molecule has 4 heterocycles. The maximum Gasteiger partial charge on any atom is 0.490 e. The van der Waals surface area contributed by atoms with Crippen molar-refractivity contribution in [1.29, 1.82) is 0 Å². The summed E-state index contributed by atoms with van der Waals surface area (Å²) in [6, 6.07) is 4.44. The minimum absolute atomic E-state index is 0.494. The Kier molecular flexibility index (Phi) is 6.87. The van der Waals surface area contributed by atoms with Crippen LogP contribution in [0.4, 0.5) is 13.2 Å². The highest BCUT2D eigenvalue weighted by molar-refractivity contribution is 7.11. The van der Waals surface area contributed by atoms with Crippen molar-refractivity contribution < 1.29 is 23.1 Å². The number of hydrogen-bond acceptors (Lipinski definition) is 6. The van der Waals surface area contributed by atoms with Crippen LogP contribution >= 0.6 is 11.3 Å². The van der Waals surface area contributed by atoms with Gasteiger partial charge in [0.15, 0.2) is 0 Å². The van der Waals surface area contributed by atoms with E-state index in [1.807, 2.05) is 22.2 Å². The molecule has 8 nitrogen and oxygen atoms in total. The minimum Gasteiger partial charge on any atom is -0.475 e. The molecule has 0 saturated heterocycles. The van der Waals surface area contributed by atoms with E-state index in [0.717, 1.165) is 38.5 Å². The normalized spacial score (nSPS) is 17.0. The van der Waals surface area contributed by atoms with Gasteiger partial charge in [0.1, 0.15) is 18.5 Å². The Morgan fingerprint density at radius 1 is 1.33 bits per heavy atom. The number of carbonyl (C=O) groups is 1. The van der Waals surface area contributed by atoms with E-state index in [1.165, 1.54) is 9.75 Å². The number of alkyl halides is 3. The molecule has 3 aromatic heterocycles. The van der Waals surface area contributed by atoms with Crippen LogP contribution in [0, 0.1) is 12.8 Å². The molecule has 1 aliphatic heterocycles. The first kappa shape index (κ1) is 22.0. The summed E-state index contributed by atoms with van der Waals surface area (Å²) in [6.45, 7) is 6.96. The van der Waals surface area contributed by atoms with Crippen LogP contribution in [0.25, 0.3) is 0 Å². The first-order chi connectivity index (χ1) is 14.2. The van der Waals surface area contributed by atoms with Crippen LogP contribution in [0.15, 0.2) is 37.2 Å². The lowest BCUT2D eigenvalue weighted by atomic mass is 10.1. The van der Waals surface area contributed by atoms with Crippen molar-refractivity contribution >= 4 is 17.3 Å². The van der Waals surface area contributed by atoms with Gasteiger partial charge < -0.3 is 9.67 Å². The van der Waals surface area contributed by atoms with Gasteiger partial charge in [-0.25, -0.2) is 14.8 Å². The van der Waals surface area contributed by atoms with Crippen molar-refractivity contribution in [1.82, 2.24) is 29.2 Å². The predicted octanol–water partition coefficient (Wildman–Crippen LogP) is 2.81. The van der Waals surface area contributed by atoms with Crippen LogP contribution in [0.1, 0.15) is 15.6 Å². The molecule has 1 atom stereocenters. The van der Waals surface area contributed by atoms with E-state index >= 15 is 0 Å². The van der Waals surface area contributed by atoms with Gasteiger partial charge in [0.05, 0.1) is 6.54 Å². The largest absolute Gasteiger partial charge is 0.490 e. The summed E-state index contributed by atoms with van der Waals surface area (Å²) in [4.78, 5) is 22.8. The second kappa shape index (κ2) is 9.39. The molecule has 0 aromatic carbocycles. The lowest BCUT2D eigenvalue weighted by molar-refractivity contribution is -0.192. The first-order valence-corrected chi connectivity index (χ1v) is 9.92. The molecule has 0 amide bonds. The predicted molar refractivity (Wildman–Crippen MR) is 103 cm³/mol. The summed E-state index contributed by atoms with van der Waals surface area (Å²) in [6.07, 6.45) is 2.31. The fourth-order valence-corrected chi connectivity index (χ4v) is 4.17. The molecule has 3 aromatic rings. The molecule has 4 rings (SSSR count). The topological polar surface area (TPSA) is 89.1 Å². The molecule has 0 spiro atoms. The van der Waals surface area contributed by atoms with E-state index in [0.29, 0.717) is 5.92 Å². The quantitative estimate of drug-likeness (QED) is 0.669. The zero-order chi connectivity index (χ0) is 21.7. The Morgan fingerprint density at radius 3 is 2.70 bits per heavy atom. The summed E-state index contributed by atoms with van der Waals surface area (Å²) in [7, 11) is 0. The lowest BCUT2D eigenvalue weighted by Gasteiger charge is -2.23. The number of thiophene rings is 1. The van der Waals surface area contributed by atoms with Gasteiger partial charge in [-0.05, 0) is 19.1 Å². The zero-order valence-corrected chi connectivity index (χ0v) is 17.0. The maximum atomic E-state index is 10.6. The highest BCUT2D eigenvalue weighted by Crippen LogP contribution is 2.22. The van der Waals surface area contributed by atoms with Gasteiger partial charge in [-0.2, -0.15) is 18.3 Å². The van der Waals surface area contributed by atoms with Crippen molar-refractivity contribution in [2.24, 2.45) is 5.92 Å². The number of aliphatic carboxylic acids is 1. The van der Waals surface area contributed by atoms with E-state index in [1.54, 1.807) is 12.7 Å². The average molecular weight is 442 g/mol. The van der Waals surface area contributed by atoms with Crippen LogP contribution < -0.4 is 0 Å². The fourth-order valence-electron chi connectivity index (χ4n) is 3.24. The molecule has 12 heteroatoms. The number of imidazole rings is 1. The van der Waals surface area contributed by atoms with E-state index < -0.39 is 12.1 Å². The number of hydrogen-bond donors (Lipinski definition) is 1. The Bertz CT molecular complexity index is 953. The summed E-state index contributed by atoms with van der Waals surface area (Å²) < 4.78 is 35.9. The highest BCUT2D eigenvalue weighted by atomic mass is 32.1. The Hall–Kier alpha value is -2.73. The van der Waals surface area contributed by atoms with Gasteiger partial charge >= 0.3 is 12.1 Å². The number of nitrogens with zero attached hydrogens (tertiary/aromatic N) is 6. The SMILES string of the molecule is Cc1ccc(CN2Cc3nccn3CC(Cn3cncn3)C2)s1.O=C(O)C(F)(F)F. The van der Waals surface area contributed by atoms with Gasteiger partial charge in [-0.3, -0.25) is 9.58 Å². The lowest BCUT2D eigenvalue weighted by Crippen LogP contribution is -2.29. The molecule has 0 bridgehead atoms. The van der Waals surface area contributed by atoms with Crippen molar-refractivity contribution in [2.75, 3.05) is 6.54 Å². The third kappa shape index (κ3) is 6.13. The van der Waals surface area contributed by atoms with Crippen molar-refractivity contribution in [3.8, 4) is 0 Å². The fraction of sp³-hybridized carbons (Fsp3) is 0.444. The Labute approximate surface area is 174 Å². The van der Waals surface area contributed by atoms with Gasteiger partial charge in [-0.1, -0.05) is 0 Å². The average Bonchev–Trinajstić information content (AvgIpc) is 3.38. The van der Waals surface area contributed by atoms with Crippen LogP contribution in [0.2, 0.25) is 0 Å². The molecule has 1 aliphatic rings. The number of halogens is 3. The minimum atomic E-state index is -5.08. The monoisotopic (exact) mass is 442 g/mol. The van der Waals surface area contributed by atoms with Gasteiger partial charge in [0, 0.05) is 54.2 Å². The molecule has 0 fully saturated rings. The molecule has 30 heavy (non-hydrogen) atoms. The third-order valence-electron chi connectivity index (χ3n) is 4.47. The molecule has 162 valence electrons. The summed E-state index contributed by atoms with van der Waals surface area (Å²) >= 11 is 1.88. The molecule has 0 saturated carbocycles. The molecule has 0 aliphatic carbocycles. The van der Waals surface area contributed by atoms with Gasteiger partial charge in [0.2, 0.25) is 0 Å². The zero-order valence-electron chi connectivity index (χ0n) is 16.2. The molecular formula is C18H21F3N6O2S. The van der Waals surface area contributed by atoms with E-state index in [9.17, 15) is 13.2 Å². The molecule has 1 N–H and O–H groups in total. The maximum absolute atomic E-state index is 10.6. The van der Waals surface area contributed by atoms with Crippen LogP contribution in [0.3, 0.4) is 0 Å². The van der Waals surface area contributed by atoms with E-state index in [4.69, 9.17) is 9.90 Å². The van der Waals surface area contributed by atoms with E-state index in [2.05, 4.69) is 49.8 Å².